The first-order valence-corrected chi connectivity index (χ1v) is 6.37. The van der Waals surface area contributed by atoms with E-state index in [4.69, 9.17) is 11.6 Å². The molecular formula is C15H15ClFNO. The summed E-state index contributed by atoms with van der Waals surface area (Å²) in [6.45, 7) is 2.03. The molecule has 100 valence electrons. The normalized spacial score (nSPS) is 12.2. The van der Waals surface area contributed by atoms with Crippen LogP contribution in [-0.4, -0.2) is 11.7 Å². The second-order valence-corrected chi connectivity index (χ2v) is 4.85. The number of nitrogens with one attached hydrogen (secondary N) is 1. The Morgan fingerprint density at radius 2 is 1.89 bits per heavy atom. The fourth-order valence-electron chi connectivity index (χ4n) is 1.78. The highest BCUT2D eigenvalue weighted by Gasteiger charge is 2.09. The Bertz CT molecular complexity index is 557. The third kappa shape index (κ3) is 3.69. The van der Waals surface area contributed by atoms with Gasteiger partial charge in [0.2, 0.25) is 0 Å². The molecular weight excluding hydrogens is 265 g/mol. The molecule has 1 unspecified atom stereocenters. The van der Waals surface area contributed by atoms with Crippen LogP contribution < -0.4 is 5.32 Å². The zero-order valence-electron chi connectivity index (χ0n) is 10.5. The largest absolute Gasteiger partial charge is 0.387 e. The molecule has 2 nitrogen and oxygen atoms in total. The summed E-state index contributed by atoms with van der Waals surface area (Å²) in [5.41, 5.74) is 2.10. The molecule has 0 aliphatic rings. The van der Waals surface area contributed by atoms with Gasteiger partial charge < -0.3 is 10.4 Å². The van der Waals surface area contributed by atoms with Crippen molar-refractivity contribution in [3.05, 3.63) is 64.4 Å². The van der Waals surface area contributed by atoms with Crippen LogP contribution in [0.3, 0.4) is 0 Å². The fourth-order valence-corrected chi connectivity index (χ4v) is 1.90. The van der Waals surface area contributed by atoms with Gasteiger partial charge in [-0.2, -0.15) is 0 Å². The Labute approximate surface area is 116 Å². The Morgan fingerprint density at radius 1 is 1.21 bits per heavy atom. The molecule has 0 aliphatic heterocycles. The minimum Gasteiger partial charge on any atom is -0.387 e. The molecule has 0 amide bonds. The molecule has 0 heterocycles. The topological polar surface area (TPSA) is 32.3 Å². The number of hydrogen-bond donors (Lipinski definition) is 2. The summed E-state index contributed by atoms with van der Waals surface area (Å²) in [5.74, 6) is -0.262. The van der Waals surface area contributed by atoms with Gasteiger partial charge in [-0.1, -0.05) is 23.7 Å². The highest BCUT2D eigenvalue weighted by Crippen LogP contribution is 2.18. The van der Waals surface area contributed by atoms with E-state index in [1.807, 2.05) is 12.1 Å². The number of benzene rings is 2. The Hall–Kier alpha value is -1.58. The SMILES string of the molecule is Cc1cc(C(O)CNc2ccc(Cl)cc2)ccc1F. The maximum atomic E-state index is 13.1. The minimum atomic E-state index is -0.685. The number of hydrogen-bond acceptors (Lipinski definition) is 2. The van der Waals surface area contributed by atoms with Crippen molar-refractivity contribution in [1.29, 1.82) is 0 Å². The fraction of sp³-hybridized carbons (Fsp3) is 0.200. The number of aryl methyl sites for hydroxylation is 1. The molecule has 1 atom stereocenters. The Balaban J connectivity index is 1.98. The Morgan fingerprint density at radius 3 is 2.53 bits per heavy atom. The van der Waals surface area contributed by atoms with Crippen molar-refractivity contribution >= 4 is 17.3 Å². The van der Waals surface area contributed by atoms with Crippen molar-refractivity contribution in [2.24, 2.45) is 0 Å². The second-order valence-electron chi connectivity index (χ2n) is 4.41. The average molecular weight is 280 g/mol. The molecule has 2 N–H and O–H groups in total. The maximum Gasteiger partial charge on any atom is 0.126 e. The van der Waals surface area contributed by atoms with Gasteiger partial charge in [0.1, 0.15) is 5.82 Å². The smallest absolute Gasteiger partial charge is 0.126 e. The number of aliphatic hydroxyl groups is 1. The summed E-state index contributed by atoms with van der Waals surface area (Å²) in [7, 11) is 0. The summed E-state index contributed by atoms with van der Waals surface area (Å²) < 4.78 is 13.1. The molecule has 4 heteroatoms. The lowest BCUT2D eigenvalue weighted by Crippen LogP contribution is -2.12. The van der Waals surface area contributed by atoms with E-state index in [0.717, 1.165) is 5.69 Å². The molecule has 0 fully saturated rings. The molecule has 0 radical (unpaired) electrons. The summed E-state index contributed by atoms with van der Waals surface area (Å²) in [6.07, 6.45) is -0.685. The number of rotatable bonds is 4. The van der Waals surface area contributed by atoms with Gasteiger partial charge in [0.15, 0.2) is 0 Å². The van der Waals surface area contributed by atoms with Crippen LogP contribution in [0.5, 0.6) is 0 Å². The van der Waals surface area contributed by atoms with Crippen LogP contribution in [0, 0.1) is 12.7 Å². The van der Waals surface area contributed by atoms with Gasteiger partial charge in [-0.25, -0.2) is 4.39 Å². The molecule has 0 bridgehead atoms. The summed E-state index contributed by atoms with van der Waals surface area (Å²) in [6, 6.07) is 11.9. The summed E-state index contributed by atoms with van der Waals surface area (Å²) in [5, 5.41) is 13.8. The zero-order valence-corrected chi connectivity index (χ0v) is 11.3. The van der Waals surface area contributed by atoms with E-state index in [0.29, 0.717) is 22.7 Å². The van der Waals surface area contributed by atoms with Crippen molar-refractivity contribution in [3.63, 3.8) is 0 Å². The van der Waals surface area contributed by atoms with Gasteiger partial charge >= 0.3 is 0 Å². The molecule has 0 spiro atoms. The monoisotopic (exact) mass is 279 g/mol. The number of aliphatic hydroxyl groups excluding tert-OH is 1. The first-order chi connectivity index (χ1) is 9.06. The van der Waals surface area contributed by atoms with E-state index < -0.39 is 6.10 Å². The molecule has 0 aromatic heterocycles. The van der Waals surface area contributed by atoms with Gasteiger partial charge in [0, 0.05) is 17.3 Å². The summed E-state index contributed by atoms with van der Waals surface area (Å²) in [4.78, 5) is 0. The quantitative estimate of drug-likeness (QED) is 0.889. The van der Waals surface area contributed by atoms with E-state index in [2.05, 4.69) is 5.32 Å². The van der Waals surface area contributed by atoms with Gasteiger partial charge in [0.05, 0.1) is 6.10 Å². The van der Waals surface area contributed by atoms with E-state index in [1.165, 1.54) is 6.07 Å². The predicted molar refractivity (Wildman–Crippen MR) is 76.0 cm³/mol. The summed E-state index contributed by atoms with van der Waals surface area (Å²) >= 11 is 5.79. The average Bonchev–Trinajstić information content (AvgIpc) is 2.41. The van der Waals surface area contributed by atoms with Crippen LogP contribution in [0.1, 0.15) is 17.2 Å². The van der Waals surface area contributed by atoms with E-state index in [1.54, 1.807) is 31.2 Å². The number of anilines is 1. The van der Waals surface area contributed by atoms with Gasteiger partial charge in [0.25, 0.3) is 0 Å². The first-order valence-electron chi connectivity index (χ1n) is 6.00. The predicted octanol–water partition coefficient (Wildman–Crippen LogP) is 3.93. The van der Waals surface area contributed by atoms with Gasteiger partial charge in [-0.3, -0.25) is 0 Å². The van der Waals surface area contributed by atoms with Crippen LogP contribution in [0.25, 0.3) is 0 Å². The highest BCUT2D eigenvalue weighted by molar-refractivity contribution is 6.30. The second kappa shape index (κ2) is 6.04. The van der Waals surface area contributed by atoms with Crippen LogP contribution in [-0.2, 0) is 0 Å². The van der Waals surface area contributed by atoms with Crippen LogP contribution in [0.2, 0.25) is 5.02 Å². The van der Waals surface area contributed by atoms with Crippen LogP contribution in [0.15, 0.2) is 42.5 Å². The van der Waals surface area contributed by atoms with Crippen LogP contribution in [0.4, 0.5) is 10.1 Å². The third-order valence-corrected chi connectivity index (χ3v) is 3.16. The van der Waals surface area contributed by atoms with Crippen LogP contribution >= 0.6 is 11.6 Å². The molecule has 19 heavy (non-hydrogen) atoms. The van der Waals surface area contributed by atoms with Crippen molar-refractivity contribution in [2.45, 2.75) is 13.0 Å². The standard InChI is InChI=1S/C15H15ClFNO/c1-10-8-11(2-7-14(10)17)15(19)9-18-13-5-3-12(16)4-6-13/h2-8,15,18-19H,9H2,1H3. The third-order valence-electron chi connectivity index (χ3n) is 2.91. The first kappa shape index (κ1) is 13.8. The minimum absolute atomic E-state index is 0.262. The molecule has 2 aromatic carbocycles. The molecule has 2 aromatic rings. The highest BCUT2D eigenvalue weighted by atomic mass is 35.5. The van der Waals surface area contributed by atoms with Gasteiger partial charge in [-0.15, -0.1) is 0 Å². The molecule has 0 saturated carbocycles. The molecule has 2 rings (SSSR count). The van der Waals surface area contributed by atoms with E-state index >= 15 is 0 Å². The van der Waals surface area contributed by atoms with Gasteiger partial charge in [-0.05, 0) is 48.4 Å². The number of halogens is 2. The molecule has 0 aliphatic carbocycles. The van der Waals surface area contributed by atoms with E-state index in [9.17, 15) is 9.50 Å². The maximum absolute atomic E-state index is 13.1. The lowest BCUT2D eigenvalue weighted by Gasteiger charge is -2.14. The van der Waals surface area contributed by atoms with E-state index in [-0.39, 0.29) is 5.82 Å². The Kier molecular flexibility index (Phi) is 4.40. The zero-order chi connectivity index (χ0) is 13.8. The molecule has 0 saturated heterocycles. The van der Waals surface area contributed by atoms with Crippen molar-refractivity contribution < 1.29 is 9.50 Å². The lowest BCUT2D eigenvalue weighted by molar-refractivity contribution is 0.191. The lowest BCUT2D eigenvalue weighted by atomic mass is 10.1. The van der Waals surface area contributed by atoms with Crippen molar-refractivity contribution in [3.8, 4) is 0 Å². The van der Waals surface area contributed by atoms with Crippen molar-refractivity contribution in [1.82, 2.24) is 0 Å². The van der Waals surface area contributed by atoms with Crippen molar-refractivity contribution in [2.75, 3.05) is 11.9 Å².